The average molecular weight is 382 g/mol. The number of carbonyl (C=O) groups is 2. The molecule has 0 N–H and O–H groups in total. The molecular formula is C21H35NO5. The van der Waals surface area contributed by atoms with Crippen LogP contribution < -0.4 is 0 Å². The van der Waals surface area contributed by atoms with Crippen LogP contribution in [0.25, 0.3) is 0 Å². The average Bonchev–Trinajstić information content (AvgIpc) is 3.03. The molecule has 0 aliphatic heterocycles. The van der Waals surface area contributed by atoms with Crippen LogP contribution in [0.2, 0.25) is 0 Å². The number of methoxy groups -OCH3 is 2. The van der Waals surface area contributed by atoms with E-state index in [1.807, 2.05) is 51.6 Å². The Morgan fingerprint density at radius 1 is 1.07 bits per heavy atom. The first-order valence-electron chi connectivity index (χ1n) is 9.66. The van der Waals surface area contributed by atoms with E-state index in [1.165, 1.54) is 0 Å². The van der Waals surface area contributed by atoms with E-state index in [0.29, 0.717) is 19.3 Å². The summed E-state index contributed by atoms with van der Waals surface area (Å²) in [6.07, 6.45) is 6.29. The lowest BCUT2D eigenvalue weighted by Crippen LogP contribution is -2.26. The third kappa shape index (κ3) is 7.46. The van der Waals surface area contributed by atoms with E-state index in [4.69, 9.17) is 14.2 Å². The minimum absolute atomic E-state index is 0.119. The Kier molecular flexibility index (Phi) is 9.19. The number of carbonyl (C=O) groups excluding carboxylic acids is 2. The zero-order valence-corrected chi connectivity index (χ0v) is 17.8. The highest BCUT2D eigenvalue weighted by Crippen LogP contribution is 2.26. The highest BCUT2D eigenvalue weighted by molar-refractivity contribution is 5.97. The Morgan fingerprint density at radius 3 is 2.19 bits per heavy atom. The van der Waals surface area contributed by atoms with Gasteiger partial charge >= 0.3 is 5.97 Å². The molecule has 1 rings (SSSR count). The van der Waals surface area contributed by atoms with Crippen LogP contribution in [0.15, 0.2) is 12.4 Å². The highest BCUT2D eigenvalue weighted by Gasteiger charge is 2.24. The second-order valence-corrected chi connectivity index (χ2v) is 7.70. The first-order valence-corrected chi connectivity index (χ1v) is 9.66. The van der Waals surface area contributed by atoms with Gasteiger partial charge in [-0.05, 0) is 39.2 Å². The lowest BCUT2D eigenvalue weighted by Gasteiger charge is -2.24. The molecule has 0 unspecified atom stereocenters. The van der Waals surface area contributed by atoms with Gasteiger partial charge < -0.3 is 18.8 Å². The van der Waals surface area contributed by atoms with Gasteiger partial charge in [0.15, 0.2) is 12.1 Å². The van der Waals surface area contributed by atoms with Gasteiger partial charge in [-0.3, -0.25) is 9.59 Å². The van der Waals surface area contributed by atoms with Crippen LogP contribution >= 0.6 is 0 Å². The number of hydrogen-bond acceptors (Lipinski definition) is 5. The largest absolute Gasteiger partial charge is 0.460 e. The Bertz CT molecular complexity index is 611. The van der Waals surface area contributed by atoms with Crippen molar-refractivity contribution in [3.63, 3.8) is 0 Å². The van der Waals surface area contributed by atoms with Crippen LogP contribution in [0, 0.1) is 0 Å². The standard InChI is InChI=1S/C21H35NO5/c1-8-15-13-22(14-17(15)18(23)9-2)16(10-11-20(25-6)26-7)12-19(24)27-21(3,4)5/h13-14,16,20H,8-12H2,1-7H3/t16-/m1/s1. The van der Waals surface area contributed by atoms with Crippen LogP contribution in [0.4, 0.5) is 0 Å². The van der Waals surface area contributed by atoms with Crippen LogP contribution in [-0.2, 0) is 25.4 Å². The molecule has 0 radical (unpaired) electrons. The van der Waals surface area contributed by atoms with E-state index in [9.17, 15) is 9.59 Å². The Balaban J connectivity index is 3.07. The summed E-state index contributed by atoms with van der Waals surface area (Å²) < 4.78 is 18.0. The van der Waals surface area contributed by atoms with E-state index in [0.717, 1.165) is 17.5 Å². The van der Waals surface area contributed by atoms with Crippen molar-refractivity contribution in [2.75, 3.05) is 14.2 Å². The number of Topliss-reactive ketones (excluding diaryl/α,β-unsaturated/α-hetero) is 1. The van der Waals surface area contributed by atoms with Gasteiger partial charge in [0.2, 0.25) is 0 Å². The molecule has 0 fully saturated rings. The smallest absolute Gasteiger partial charge is 0.308 e. The topological polar surface area (TPSA) is 66.8 Å². The quantitative estimate of drug-likeness (QED) is 0.324. The maximum atomic E-state index is 12.4. The molecule has 154 valence electrons. The predicted octanol–water partition coefficient (Wildman–Crippen LogP) is 4.32. The Hall–Kier alpha value is -1.66. The van der Waals surface area contributed by atoms with E-state index in [-0.39, 0.29) is 30.5 Å². The van der Waals surface area contributed by atoms with Crippen molar-refractivity contribution in [2.45, 2.75) is 84.7 Å². The molecule has 0 saturated heterocycles. The lowest BCUT2D eigenvalue weighted by atomic mass is 10.1. The number of nitrogens with zero attached hydrogens (tertiary/aromatic N) is 1. The summed E-state index contributed by atoms with van der Waals surface area (Å²) in [7, 11) is 3.19. The van der Waals surface area contributed by atoms with Crippen molar-refractivity contribution in [3.8, 4) is 0 Å². The maximum absolute atomic E-state index is 12.4. The number of hydrogen-bond donors (Lipinski definition) is 0. The minimum atomic E-state index is -0.530. The SMILES string of the molecule is CCC(=O)c1cn([C@H](CCC(OC)OC)CC(=O)OC(C)(C)C)cc1CC. The maximum Gasteiger partial charge on any atom is 0.308 e. The van der Waals surface area contributed by atoms with Gasteiger partial charge in [0.25, 0.3) is 0 Å². The van der Waals surface area contributed by atoms with Crippen LogP contribution in [0.5, 0.6) is 0 Å². The molecule has 0 aliphatic carbocycles. The lowest BCUT2D eigenvalue weighted by molar-refractivity contribution is -0.156. The second kappa shape index (κ2) is 10.6. The molecule has 1 atom stereocenters. The number of aryl methyl sites for hydroxylation is 1. The van der Waals surface area contributed by atoms with Gasteiger partial charge in [-0.25, -0.2) is 0 Å². The molecule has 1 aromatic rings. The van der Waals surface area contributed by atoms with Crippen molar-refractivity contribution < 1.29 is 23.8 Å². The van der Waals surface area contributed by atoms with Gasteiger partial charge in [-0.2, -0.15) is 0 Å². The van der Waals surface area contributed by atoms with E-state index in [1.54, 1.807) is 14.2 Å². The van der Waals surface area contributed by atoms with E-state index in [2.05, 4.69) is 0 Å². The third-order valence-electron chi connectivity index (χ3n) is 4.44. The molecule has 0 bridgehead atoms. The van der Waals surface area contributed by atoms with E-state index >= 15 is 0 Å². The molecule has 1 heterocycles. The molecule has 1 aromatic heterocycles. The summed E-state index contributed by atoms with van der Waals surface area (Å²) in [5, 5.41) is 0. The fourth-order valence-electron chi connectivity index (χ4n) is 3.05. The molecule has 27 heavy (non-hydrogen) atoms. The molecular weight excluding hydrogens is 346 g/mol. The van der Waals surface area contributed by atoms with Crippen LogP contribution in [0.3, 0.4) is 0 Å². The van der Waals surface area contributed by atoms with Crippen molar-refractivity contribution in [1.82, 2.24) is 4.57 Å². The molecule has 6 nitrogen and oxygen atoms in total. The van der Waals surface area contributed by atoms with Gasteiger partial charge in [-0.15, -0.1) is 0 Å². The Labute approximate surface area is 163 Å². The molecule has 0 aromatic carbocycles. The molecule has 0 amide bonds. The summed E-state index contributed by atoms with van der Waals surface area (Å²) in [5.74, 6) is -0.137. The van der Waals surface area contributed by atoms with Gasteiger partial charge in [0.05, 0.1) is 6.42 Å². The number of aromatic nitrogens is 1. The monoisotopic (exact) mass is 381 g/mol. The van der Waals surface area contributed by atoms with Crippen LogP contribution in [0.1, 0.15) is 82.3 Å². The third-order valence-corrected chi connectivity index (χ3v) is 4.44. The fraction of sp³-hybridized carbons (Fsp3) is 0.714. The zero-order chi connectivity index (χ0) is 20.6. The highest BCUT2D eigenvalue weighted by atomic mass is 16.7. The second-order valence-electron chi connectivity index (χ2n) is 7.70. The fourth-order valence-corrected chi connectivity index (χ4v) is 3.05. The first-order chi connectivity index (χ1) is 12.6. The minimum Gasteiger partial charge on any atom is -0.460 e. The normalized spacial score (nSPS) is 13.0. The van der Waals surface area contributed by atoms with E-state index < -0.39 is 5.60 Å². The summed E-state index contributed by atoms with van der Waals surface area (Å²) in [6, 6.07) is -0.128. The number of esters is 1. The summed E-state index contributed by atoms with van der Waals surface area (Å²) in [6.45, 7) is 9.46. The Morgan fingerprint density at radius 2 is 1.70 bits per heavy atom. The number of ketones is 1. The number of rotatable bonds is 11. The van der Waals surface area contributed by atoms with Crippen molar-refractivity contribution in [2.24, 2.45) is 0 Å². The van der Waals surface area contributed by atoms with Gasteiger partial charge in [0, 0.05) is 51.1 Å². The summed E-state index contributed by atoms with van der Waals surface area (Å²) in [5.41, 5.74) is 1.22. The molecule has 0 saturated carbocycles. The summed E-state index contributed by atoms with van der Waals surface area (Å²) in [4.78, 5) is 24.7. The first kappa shape index (κ1) is 23.4. The zero-order valence-electron chi connectivity index (χ0n) is 17.8. The van der Waals surface area contributed by atoms with Gasteiger partial charge in [-0.1, -0.05) is 13.8 Å². The summed E-state index contributed by atoms with van der Waals surface area (Å²) >= 11 is 0. The number of ether oxygens (including phenoxy) is 3. The van der Waals surface area contributed by atoms with Crippen molar-refractivity contribution >= 4 is 11.8 Å². The van der Waals surface area contributed by atoms with Crippen molar-refractivity contribution in [1.29, 1.82) is 0 Å². The molecule has 6 heteroatoms. The van der Waals surface area contributed by atoms with Gasteiger partial charge in [0.1, 0.15) is 5.60 Å². The predicted molar refractivity (Wildman–Crippen MR) is 105 cm³/mol. The molecule has 0 spiro atoms. The van der Waals surface area contributed by atoms with Crippen molar-refractivity contribution in [3.05, 3.63) is 23.5 Å². The molecule has 0 aliphatic rings. The van der Waals surface area contributed by atoms with Crippen LogP contribution in [-0.4, -0.2) is 42.4 Å².